The summed E-state index contributed by atoms with van der Waals surface area (Å²) < 4.78 is 0. The summed E-state index contributed by atoms with van der Waals surface area (Å²) >= 11 is 18.2. The van der Waals surface area contributed by atoms with Crippen LogP contribution in [0.15, 0.2) is 91.0 Å². The van der Waals surface area contributed by atoms with E-state index in [4.69, 9.17) is 34.8 Å². The van der Waals surface area contributed by atoms with Crippen molar-refractivity contribution in [1.29, 1.82) is 0 Å². The van der Waals surface area contributed by atoms with Gasteiger partial charge in [0.2, 0.25) is 0 Å². The first-order chi connectivity index (χ1) is 13.1. The van der Waals surface area contributed by atoms with Gasteiger partial charge in [0.05, 0.1) is 0 Å². The fourth-order valence-corrected chi connectivity index (χ4v) is 3.43. The van der Waals surface area contributed by atoms with Crippen LogP contribution < -0.4 is 0 Å². The molecule has 0 aliphatic heterocycles. The molecule has 0 aromatic heterocycles. The molecule has 0 atom stereocenters. The van der Waals surface area contributed by atoms with Crippen LogP contribution in [0.1, 0.15) is 0 Å². The molecule has 4 rings (SSSR count). The summed E-state index contributed by atoms with van der Waals surface area (Å²) in [5.41, 5.74) is 6.73. The number of hydrogen-bond donors (Lipinski definition) is 0. The van der Waals surface area contributed by atoms with E-state index < -0.39 is 0 Å². The zero-order valence-electron chi connectivity index (χ0n) is 14.3. The van der Waals surface area contributed by atoms with Crippen molar-refractivity contribution < 1.29 is 0 Å². The van der Waals surface area contributed by atoms with Crippen molar-refractivity contribution >= 4 is 34.8 Å². The standard InChI is InChI=1S/C24H15Cl3/c25-22-7-1-16(2-8-22)19-13-20(17-3-9-23(26)10-4-17)15-21(14-19)18-5-11-24(27)12-6-18/h1-15H. The summed E-state index contributed by atoms with van der Waals surface area (Å²) in [6.07, 6.45) is 0. The molecule has 4 aromatic rings. The minimum absolute atomic E-state index is 0.727. The molecule has 0 N–H and O–H groups in total. The quantitative estimate of drug-likeness (QED) is 0.317. The van der Waals surface area contributed by atoms with Crippen molar-refractivity contribution in [3.63, 3.8) is 0 Å². The summed E-state index contributed by atoms with van der Waals surface area (Å²) in [5.74, 6) is 0. The minimum Gasteiger partial charge on any atom is -0.0843 e. The van der Waals surface area contributed by atoms with Gasteiger partial charge in [0.1, 0.15) is 0 Å². The van der Waals surface area contributed by atoms with Gasteiger partial charge in [-0.05, 0) is 88.0 Å². The minimum atomic E-state index is 0.727. The van der Waals surface area contributed by atoms with E-state index >= 15 is 0 Å². The zero-order chi connectivity index (χ0) is 18.8. The molecular weight excluding hydrogens is 395 g/mol. The lowest BCUT2D eigenvalue weighted by Gasteiger charge is -2.12. The molecule has 0 aliphatic carbocycles. The van der Waals surface area contributed by atoms with Gasteiger partial charge >= 0.3 is 0 Å². The third kappa shape index (κ3) is 4.20. The molecular formula is C24H15Cl3. The van der Waals surface area contributed by atoms with Gasteiger partial charge in [0.25, 0.3) is 0 Å². The molecule has 27 heavy (non-hydrogen) atoms. The third-order valence-electron chi connectivity index (χ3n) is 4.47. The largest absolute Gasteiger partial charge is 0.0843 e. The molecule has 0 radical (unpaired) electrons. The molecule has 0 bridgehead atoms. The highest BCUT2D eigenvalue weighted by molar-refractivity contribution is 6.31. The topological polar surface area (TPSA) is 0 Å². The Labute approximate surface area is 174 Å². The van der Waals surface area contributed by atoms with E-state index in [0.29, 0.717) is 0 Å². The lowest BCUT2D eigenvalue weighted by atomic mass is 9.93. The van der Waals surface area contributed by atoms with Crippen LogP contribution in [0.3, 0.4) is 0 Å². The lowest BCUT2D eigenvalue weighted by molar-refractivity contribution is 1.56. The SMILES string of the molecule is Clc1ccc(-c2cc(-c3ccc(Cl)cc3)cc(-c3ccc(Cl)cc3)c2)cc1. The van der Waals surface area contributed by atoms with E-state index in [1.54, 1.807) is 0 Å². The first-order valence-electron chi connectivity index (χ1n) is 8.51. The van der Waals surface area contributed by atoms with Crippen molar-refractivity contribution in [3.05, 3.63) is 106 Å². The van der Waals surface area contributed by atoms with Gasteiger partial charge < -0.3 is 0 Å². The third-order valence-corrected chi connectivity index (χ3v) is 5.22. The second-order valence-corrected chi connectivity index (χ2v) is 7.63. The predicted molar refractivity (Wildman–Crippen MR) is 118 cm³/mol. The van der Waals surface area contributed by atoms with Gasteiger partial charge in [0.15, 0.2) is 0 Å². The van der Waals surface area contributed by atoms with Crippen molar-refractivity contribution in [3.8, 4) is 33.4 Å². The Bertz CT molecular complexity index is 910. The molecule has 0 fully saturated rings. The van der Waals surface area contributed by atoms with Crippen molar-refractivity contribution in [2.24, 2.45) is 0 Å². The summed E-state index contributed by atoms with van der Waals surface area (Å²) in [5, 5.41) is 2.18. The van der Waals surface area contributed by atoms with E-state index in [-0.39, 0.29) is 0 Å². The molecule has 0 saturated carbocycles. The Morgan fingerprint density at radius 3 is 0.741 bits per heavy atom. The average Bonchev–Trinajstić information content (AvgIpc) is 2.69. The van der Waals surface area contributed by atoms with Crippen LogP contribution in [0.2, 0.25) is 15.1 Å². The Morgan fingerprint density at radius 2 is 0.519 bits per heavy atom. The second-order valence-electron chi connectivity index (χ2n) is 6.32. The van der Waals surface area contributed by atoms with E-state index in [0.717, 1.165) is 48.4 Å². The van der Waals surface area contributed by atoms with Gasteiger partial charge in [-0.1, -0.05) is 71.2 Å². The van der Waals surface area contributed by atoms with Crippen LogP contribution in [-0.4, -0.2) is 0 Å². The molecule has 0 unspecified atom stereocenters. The van der Waals surface area contributed by atoms with E-state index in [2.05, 4.69) is 18.2 Å². The first-order valence-corrected chi connectivity index (χ1v) is 9.65. The monoisotopic (exact) mass is 408 g/mol. The van der Waals surface area contributed by atoms with Gasteiger partial charge in [0, 0.05) is 15.1 Å². The van der Waals surface area contributed by atoms with Gasteiger partial charge in [-0.3, -0.25) is 0 Å². The Balaban J connectivity index is 1.89. The molecule has 0 nitrogen and oxygen atoms in total. The maximum Gasteiger partial charge on any atom is 0.0406 e. The van der Waals surface area contributed by atoms with E-state index in [1.807, 2.05) is 72.8 Å². The van der Waals surface area contributed by atoms with Gasteiger partial charge in [-0.25, -0.2) is 0 Å². The van der Waals surface area contributed by atoms with E-state index in [9.17, 15) is 0 Å². The van der Waals surface area contributed by atoms with Crippen LogP contribution in [0, 0.1) is 0 Å². The molecule has 0 heterocycles. The van der Waals surface area contributed by atoms with Crippen LogP contribution in [0.25, 0.3) is 33.4 Å². The summed E-state index contributed by atoms with van der Waals surface area (Å²) in [4.78, 5) is 0. The van der Waals surface area contributed by atoms with Crippen molar-refractivity contribution in [2.75, 3.05) is 0 Å². The lowest BCUT2D eigenvalue weighted by Crippen LogP contribution is -1.86. The van der Waals surface area contributed by atoms with E-state index in [1.165, 1.54) is 0 Å². The molecule has 0 saturated heterocycles. The number of rotatable bonds is 3. The summed E-state index contributed by atoms with van der Waals surface area (Å²) in [6, 6.07) is 30.2. The Morgan fingerprint density at radius 1 is 0.296 bits per heavy atom. The van der Waals surface area contributed by atoms with Crippen molar-refractivity contribution in [2.45, 2.75) is 0 Å². The van der Waals surface area contributed by atoms with Gasteiger partial charge in [-0.15, -0.1) is 0 Å². The molecule has 0 amide bonds. The van der Waals surface area contributed by atoms with Crippen molar-refractivity contribution in [1.82, 2.24) is 0 Å². The number of benzene rings is 4. The zero-order valence-corrected chi connectivity index (χ0v) is 16.6. The molecule has 0 aliphatic rings. The fraction of sp³-hybridized carbons (Fsp3) is 0. The Kier molecular flexibility index (Phi) is 5.22. The molecule has 4 aromatic carbocycles. The van der Waals surface area contributed by atoms with Crippen LogP contribution in [0.4, 0.5) is 0 Å². The summed E-state index contributed by atoms with van der Waals surface area (Å²) in [6.45, 7) is 0. The normalized spacial score (nSPS) is 10.8. The van der Waals surface area contributed by atoms with Gasteiger partial charge in [-0.2, -0.15) is 0 Å². The average molecular weight is 410 g/mol. The predicted octanol–water partition coefficient (Wildman–Crippen LogP) is 8.65. The van der Waals surface area contributed by atoms with Crippen LogP contribution >= 0.6 is 34.8 Å². The first kappa shape index (κ1) is 18.1. The summed E-state index contributed by atoms with van der Waals surface area (Å²) in [7, 11) is 0. The highest BCUT2D eigenvalue weighted by Gasteiger charge is 2.08. The van der Waals surface area contributed by atoms with Crippen LogP contribution in [0.5, 0.6) is 0 Å². The maximum atomic E-state index is 6.06. The second kappa shape index (κ2) is 7.78. The highest BCUT2D eigenvalue weighted by Crippen LogP contribution is 2.34. The highest BCUT2D eigenvalue weighted by atomic mass is 35.5. The Hall–Kier alpha value is -2.25. The molecule has 132 valence electrons. The fourth-order valence-electron chi connectivity index (χ4n) is 3.05. The molecule has 3 heteroatoms. The smallest absolute Gasteiger partial charge is 0.0406 e. The van der Waals surface area contributed by atoms with Crippen LogP contribution in [-0.2, 0) is 0 Å². The number of hydrogen-bond acceptors (Lipinski definition) is 0. The maximum absolute atomic E-state index is 6.06. The number of halogens is 3. The molecule has 0 spiro atoms.